The third kappa shape index (κ3) is 2.70. The van der Waals surface area contributed by atoms with Crippen LogP contribution < -0.4 is 21.7 Å². The predicted molar refractivity (Wildman–Crippen MR) is 54.5 cm³/mol. The van der Waals surface area contributed by atoms with Crippen molar-refractivity contribution in [2.75, 3.05) is 7.11 Å². The van der Waals surface area contributed by atoms with Gasteiger partial charge >= 0.3 is 0 Å². The Morgan fingerprint density at radius 3 is 2.07 bits per heavy atom. The van der Waals surface area contributed by atoms with E-state index < -0.39 is 0 Å². The molecule has 15 heavy (non-hydrogen) atoms. The van der Waals surface area contributed by atoms with E-state index in [4.69, 9.17) is 4.74 Å². The Kier molecular flexibility index (Phi) is 4.13. The predicted octanol–water partition coefficient (Wildman–Crippen LogP) is -1.02. The Hall–Kier alpha value is -1.54. The van der Waals surface area contributed by atoms with Gasteiger partial charge in [-0.3, -0.25) is 0 Å². The standard InChI is InChI=1S/C12H12NO.ClH/c1-14-12-7-5-11(6-8-12)13-9-3-2-4-10-13;/h2-10H,1H3;1H/q+1;/p-1. The highest BCUT2D eigenvalue weighted by Gasteiger charge is 2.02. The molecule has 3 heteroatoms. The summed E-state index contributed by atoms with van der Waals surface area (Å²) in [7, 11) is 1.67. The lowest BCUT2D eigenvalue weighted by molar-refractivity contribution is -0.595. The van der Waals surface area contributed by atoms with Crippen molar-refractivity contribution in [3.8, 4) is 11.4 Å². The van der Waals surface area contributed by atoms with Crippen molar-refractivity contribution in [1.29, 1.82) is 0 Å². The van der Waals surface area contributed by atoms with Crippen LogP contribution >= 0.6 is 0 Å². The minimum Gasteiger partial charge on any atom is -1.00 e. The van der Waals surface area contributed by atoms with E-state index in [-0.39, 0.29) is 12.4 Å². The second kappa shape index (κ2) is 5.37. The van der Waals surface area contributed by atoms with Gasteiger partial charge in [0.05, 0.1) is 7.11 Å². The topological polar surface area (TPSA) is 13.1 Å². The molecule has 0 atom stereocenters. The number of halogens is 1. The molecule has 0 saturated heterocycles. The average Bonchev–Trinajstić information content (AvgIpc) is 2.30. The van der Waals surface area contributed by atoms with E-state index in [0.717, 1.165) is 11.4 Å². The van der Waals surface area contributed by atoms with E-state index in [1.807, 2.05) is 54.9 Å². The monoisotopic (exact) mass is 221 g/mol. The van der Waals surface area contributed by atoms with Crippen LogP contribution in [0.5, 0.6) is 5.75 Å². The van der Waals surface area contributed by atoms with Crippen LogP contribution in [-0.4, -0.2) is 7.11 Å². The van der Waals surface area contributed by atoms with Gasteiger partial charge in [0, 0.05) is 24.3 Å². The summed E-state index contributed by atoms with van der Waals surface area (Å²) in [5.41, 5.74) is 1.13. The molecule has 0 amide bonds. The molecular weight excluding hydrogens is 210 g/mol. The Morgan fingerprint density at radius 2 is 1.53 bits per heavy atom. The largest absolute Gasteiger partial charge is 1.00 e. The van der Waals surface area contributed by atoms with Crippen LogP contribution in [0.2, 0.25) is 0 Å². The lowest BCUT2D eigenvalue weighted by Gasteiger charge is -1.98. The fourth-order valence-corrected chi connectivity index (χ4v) is 1.33. The Balaban J connectivity index is 0.00000112. The van der Waals surface area contributed by atoms with Gasteiger partial charge in [-0.25, -0.2) is 0 Å². The molecule has 0 saturated carbocycles. The van der Waals surface area contributed by atoms with Gasteiger partial charge in [-0.1, -0.05) is 6.07 Å². The van der Waals surface area contributed by atoms with E-state index in [9.17, 15) is 0 Å². The summed E-state index contributed by atoms with van der Waals surface area (Å²) in [5.74, 6) is 0.880. The Bertz CT molecular complexity index is 400. The number of hydrogen-bond acceptors (Lipinski definition) is 1. The van der Waals surface area contributed by atoms with Crippen molar-refractivity contribution >= 4 is 0 Å². The number of hydrogen-bond donors (Lipinski definition) is 0. The summed E-state index contributed by atoms with van der Waals surface area (Å²) in [6.07, 6.45) is 4.03. The second-order valence-corrected chi connectivity index (χ2v) is 2.98. The first kappa shape index (κ1) is 11.5. The number of methoxy groups -OCH3 is 1. The summed E-state index contributed by atoms with van der Waals surface area (Å²) >= 11 is 0. The van der Waals surface area contributed by atoms with Gasteiger partial charge in [0.1, 0.15) is 5.75 Å². The van der Waals surface area contributed by atoms with Crippen LogP contribution in [0.25, 0.3) is 5.69 Å². The summed E-state index contributed by atoms with van der Waals surface area (Å²) in [6.45, 7) is 0. The molecule has 0 fully saturated rings. The summed E-state index contributed by atoms with van der Waals surface area (Å²) < 4.78 is 7.15. The quantitative estimate of drug-likeness (QED) is 0.592. The van der Waals surface area contributed by atoms with Crippen LogP contribution in [0.4, 0.5) is 0 Å². The molecule has 1 heterocycles. The maximum absolute atomic E-state index is 5.10. The zero-order valence-corrected chi connectivity index (χ0v) is 9.19. The van der Waals surface area contributed by atoms with Crippen molar-refractivity contribution in [2.45, 2.75) is 0 Å². The normalized spacial score (nSPS) is 9.13. The van der Waals surface area contributed by atoms with Gasteiger partial charge in [-0.2, -0.15) is 4.57 Å². The molecule has 0 aliphatic rings. The minimum atomic E-state index is 0. The fraction of sp³-hybridized carbons (Fsp3) is 0.0833. The van der Waals surface area contributed by atoms with Crippen molar-refractivity contribution in [3.05, 3.63) is 54.9 Å². The smallest absolute Gasteiger partial charge is 0.210 e. The molecule has 1 aromatic carbocycles. The van der Waals surface area contributed by atoms with Crippen LogP contribution in [0.15, 0.2) is 54.9 Å². The van der Waals surface area contributed by atoms with Crippen molar-refractivity contribution < 1.29 is 21.7 Å². The van der Waals surface area contributed by atoms with Crippen LogP contribution in [-0.2, 0) is 0 Å². The molecule has 78 valence electrons. The molecule has 0 bridgehead atoms. The first-order chi connectivity index (χ1) is 6.90. The zero-order chi connectivity index (χ0) is 9.80. The van der Waals surface area contributed by atoms with Gasteiger partial charge in [0.25, 0.3) is 0 Å². The maximum atomic E-state index is 5.10. The summed E-state index contributed by atoms with van der Waals surface area (Å²) in [4.78, 5) is 0. The molecule has 2 aromatic rings. The molecular formula is C12H12ClNO. The minimum absolute atomic E-state index is 0. The lowest BCUT2D eigenvalue weighted by Crippen LogP contribution is -3.00. The van der Waals surface area contributed by atoms with Crippen molar-refractivity contribution in [1.82, 2.24) is 0 Å². The molecule has 0 unspecified atom stereocenters. The lowest BCUT2D eigenvalue weighted by atomic mass is 10.3. The van der Waals surface area contributed by atoms with E-state index in [1.54, 1.807) is 7.11 Å². The Morgan fingerprint density at radius 1 is 0.933 bits per heavy atom. The van der Waals surface area contributed by atoms with Crippen LogP contribution in [0, 0.1) is 0 Å². The van der Waals surface area contributed by atoms with E-state index in [0.29, 0.717) is 0 Å². The van der Waals surface area contributed by atoms with Gasteiger partial charge in [-0.05, 0) is 12.1 Å². The van der Waals surface area contributed by atoms with Crippen molar-refractivity contribution in [3.63, 3.8) is 0 Å². The average molecular weight is 222 g/mol. The third-order valence-corrected chi connectivity index (χ3v) is 2.09. The third-order valence-electron chi connectivity index (χ3n) is 2.09. The highest BCUT2D eigenvalue weighted by molar-refractivity contribution is 5.31. The van der Waals surface area contributed by atoms with E-state index in [2.05, 4.69) is 4.57 Å². The molecule has 0 spiro atoms. The fourth-order valence-electron chi connectivity index (χ4n) is 1.33. The zero-order valence-electron chi connectivity index (χ0n) is 8.43. The molecule has 0 aliphatic heterocycles. The number of nitrogens with zero attached hydrogens (tertiary/aromatic N) is 1. The van der Waals surface area contributed by atoms with Crippen LogP contribution in [0.1, 0.15) is 0 Å². The van der Waals surface area contributed by atoms with Gasteiger partial charge < -0.3 is 17.1 Å². The van der Waals surface area contributed by atoms with Gasteiger partial charge in [-0.15, -0.1) is 0 Å². The number of rotatable bonds is 2. The van der Waals surface area contributed by atoms with E-state index in [1.165, 1.54) is 0 Å². The second-order valence-electron chi connectivity index (χ2n) is 2.98. The number of benzene rings is 1. The van der Waals surface area contributed by atoms with Gasteiger partial charge in [0.2, 0.25) is 5.69 Å². The molecule has 2 nitrogen and oxygen atoms in total. The highest BCUT2D eigenvalue weighted by Crippen LogP contribution is 2.10. The first-order valence-corrected chi connectivity index (χ1v) is 4.51. The maximum Gasteiger partial charge on any atom is 0.210 e. The van der Waals surface area contributed by atoms with Gasteiger partial charge in [0.15, 0.2) is 12.4 Å². The molecule has 1 aromatic heterocycles. The highest BCUT2D eigenvalue weighted by atomic mass is 35.5. The number of pyridine rings is 1. The number of ether oxygens (including phenoxy) is 1. The summed E-state index contributed by atoms with van der Waals surface area (Å²) in [6, 6.07) is 14.0. The molecule has 0 N–H and O–H groups in total. The summed E-state index contributed by atoms with van der Waals surface area (Å²) in [5, 5.41) is 0. The van der Waals surface area contributed by atoms with E-state index >= 15 is 0 Å². The van der Waals surface area contributed by atoms with Crippen molar-refractivity contribution in [2.24, 2.45) is 0 Å². The number of aromatic nitrogens is 1. The molecule has 0 radical (unpaired) electrons. The molecule has 0 aliphatic carbocycles. The Labute approximate surface area is 95.5 Å². The molecule has 2 rings (SSSR count). The SMILES string of the molecule is COc1ccc(-[n+]2ccccc2)cc1.[Cl-]. The first-order valence-electron chi connectivity index (χ1n) is 4.51. The van der Waals surface area contributed by atoms with Crippen LogP contribution in [0.3, 0.4) is 0 Å².